The van der Waals surface area contributed by atoms with Crippen LogP contribution in [0.5, 0.6) is 0 Å². The monoisotopic (exact) mass is 367 g/mol. The lowest BCUT2D eigenvalue weighted by atomic mass is 10.0. The Hall–Kier alpha value is -2.54. The van der Waals surface area contributed by atoms with Gasteiger partial charge in [0, 0.05) is 10.9 Å². The van der Waals surface area contributed by atoms with E-state index >= 15 is 0 Å². The Kier molecular flexibility index (Phi) is 4.32. The van der Waals surface area contributed by atoms with Crippen LogP contribution in [0.2, 0.25) is 0 Å². The van der Waals surface area contributed by atoms with E-state index in [0.29, 0.717) is 11.6 Å². The van der Waals surface area contributed by atoms with E-state index in [1.54, 1.807) is 0 Å². The molecule has 2 aromatic heterocycles. The van der Waals surface area contributed by atoms with Crippen LogP contribution in [0.3, 0.4) is 0 Å². The predicted molar refractivity (Wildman–Crippen MR) is 101 cm³/mol. The summed E-state index contributed by atoms with van der Waals surface area (Å²) in [7, 11) is 0. The molecule has 2 atom stereocenters. The second kappa shape index (κ2) is 6.64. The average Bonchev–Trinajstić information content (AvgIpc) is 3.34. The van der Waals surface area contributed by atoms with Gasteiger partial charge >= 0.3 is 0 Å². The number of benzene rings is 1. The quantitative estimate of drug-likeness (QED) is 0.757. The van der Waals surface area contributed by atoms with Crippen molar-refractivity contribution in [1.82, 2.24) is 25.1 Å². The summed E-state index contributed by atoms with van der Waals surface area (Å²) in [4.78, 5) is 21.4. The molecule has 0 saturated carbocycles. The number of amides is 1. The van der Waals surface area contributed by atoms with Crippen LogP contribution in [0, 0.1) is 0 Å². The van der Waals surface area contributed by atoms with E-state index in [0.717, 1.165) is 22.8 Å². The SMILES string of the molecule is CC(C)c1ccc(-c2nc(C(=O)NC3CC(C)n4ncnc43)cs2)cc1. The van der Waals surface area contributed by atoms with Gasteiger partial charge in [-0.25, -0.2) is 14.6 Å². The Bertz CT molecular complexity index is 928. The minimum absolute atomic E-state index is 0.115. The highest BCUT2D eigenvalue weighted by molar-refractivity contribution is 7.13. The van der Waals surface area contributed by atoms with Gasteiger partial charge in [0.1, 0.15) is 22.9 Å². The number of aromatic nitrogens is 4. The standard InChI is InChI=1S/C19H21N5OS/c1-11(2)13-4-6-14(7-5-13)19-23-16(9-26-19)18(25)22-15-8-12(3)24-17(15)20-10-21-24/h4-7,9-12,15H,8H2,1-3H3,(H,22,25). The van der Waals surface area contributed by atoms with Crippen molar-refractivity contribution in [2.45, 2.75) is 45.2 Å². The molecule has 0 radical (unpaired) electrons. The first kappa shape index (κ1) is 16.9. The fourth-order valence-corrected chi connectivity index (χ4v) is 4.08. The lowest BCUT2D eigenvalue weighted by Crippen LogP contribution is -2.27. The summed E-state index contributed by atoms with van der Waals surface area (Å²) in [6, 6.07) is 8.49. The zero-order valence-electron chi connectivity index (χ0n) is 15.0. The van der Waals surface area contributed by atoms with E-state index in [4.69, 9.17) is 0 Å². The van der Waals surface area contributed by atoms with E-state index in [1.807, 2.05) is 10.1 Å². The minimum Gasteiger partial charge on any atom is -0.341 e. The predicted octanol–water partition coefficient (Wildman–Crippen LogP) is 3.96. The van der Waals surface area contributed by atoms with E-state index in [9.17, 15) is 4.79 Å². The average molecular weight is 367 g/mol. The number of nitrogens with zero attached hydrogens (tertiary/aromatic N) is 4. The molecule has 2 unspecified atom stereocenters. The molecule has 0 fully saturated rings. The van der Waals surface area contributed by atoms with Gasteiger partial charge in [-0.05, 0) is 24.8 Å². The summed E-state index contributed by atoms with van der Waals surface area (Å²) in [5.41, 5.74) is 2.78. The van der Waals surface area contributed by atoms with Gasteiger partial charge in [0.15, 0.2) is 0 Å². The first-order chi connectivity index (χ1) is 12.5. The zero-order valence-corrected chi connectivity index (χ0v) is 15.8. The molecule has 3 heterocycles. The molecule has 4 rings (SSSR count). The number of hydrogen-bond acceptors (Lipinski definition) is 5. The summed E-state index contributed by atoms with van der Waals surface area (Å²) < 4.78 is 1.87. The minimum atomic E-state index is -0.167. The molecule has 1 aliphatic heterocycles. The first-order valence-corrected chi connectivity index (χ1v) is 9.67. The fourth-order valence-electron chi connectivity index (χ4n) is 3.27. The molecule has 0 spiro atoms. The third-order valence-electron chi connectivity index (χ3n) is 4.77. The summed E-state index contributed by atoms with van der Waals surface area (Å²) in [6.07, 6.45) is 2.33. The van der Waals surface area contributed by atoms with E-state index in [2.05, 4.69) is 65.4 Å². The molecule has 1 N–H and O–H groups in total. The van der Waals surface area contributed by atoms with Crippen LogP contribution in [-0.4, -0.2) is 25.7 Å². The summed E-state index contributed by atoms with van der Waals surface area (Å²) in [6.45, 7) is 6.42. The second-order valence-electron chi connectivity index (χ2n) is 6.99. The van der Waals surface area contributed by atoms with Crippen molar-refractivity contribution in [2.24, 2.45) is 0 Å². The normalized spacial score (nSPS) is 18.9. The van der Waals surface area contributed by atoms with Crippen LogP contribution >= 0.6 is 11.3 Å². The van der Waals surface area contributed by atoms with Crippen LogP contribution in [0.1, 0.15) is 67.1 Å². The largest absolute Gasteiger partial charge is 0.341 e. The number of carbonyl (C=O) groups excluding carboxylic acids is 1. The lowest BCUT2D eigenvalue weighted by molar-refractivity contribution is 0.0931. The van der Waals surface area contributed by atoms with Gasteiger partial charge in [-0.1, -0.05) is 38.1 Å². The van der Waals surface area contributed by atoms with Crippen molar-refractivity contribution in [3.63, 3.8) is 0 Å². The van der Waals surface area contributed by atoms with Gasteiger partial charge in [0.25, 0.3) is 5.91 Å². The second-order valence-corrected chi connectivity index (χ2v) is 7.85. The van der Waals surface area contributed by atoms with Crippen molar-refractivity contribution in [2.75, 3.05) is 0 Å². The van der Waals surface area contributed by atoms with Gasteiger partial charge in [-0.3, -0.25) is 4.79 Å². The molecular weight excluding hydrogens is 346 g/mol. The van der Waals surface area contributed by atoms with Gasteiger partial charge in [-0.15, -0.1) is 11.3 Å². The molecule has 26 heavy (non-hydrogen) atoms. The molecule has 0 aliphatic carbocycles. The van der Waals surface area contributed by atoms with Gasteiger partial charge in [0.05, 0.1) is 12.1 Å². The van der Waals surface area contributed by atoms with Crippen molar-refractivity contribution in [1.29, 1.82) is 0 Å². The zero-order chi connectivity index (χ0) is 18.3. The first-order valence-electron chi connectivity index (χ1n) is 8.79. The van der Waals surface area contributed by atoms with E-state index < -0.39 is 0 Å². The number of carbonyl (C=O) groups is 1. The number of nitrogens with one attached hydrogen (secondary N) is 1. The number of fused-ring (bicyclic) bond motifs is 1. The van der Waals surface area contributed by atoms with Crippen LogP contribution in [0.4, 0.5) is 0 Å². The van der Waals surface area contributed by atoms with E-state index in [-0.39, 0.29) is 18.0 Å². The Morgan fingerprint density at radius 2 is 2.08 bits per heavy atom. The maximum atomic E-state index is 12.6. The third kappa shape index (κ3) is 3.03. The Morgan fingerprint density at radius 1 is 1.31 bits per heavy atom. The van der Waals surface area contributed by atoms with Crippen LogP contribution in [-0.2, 0) is 0 Å². The molecular formula is C19H21N5OS. The van der Waals surface area contributed by atoms with E-state index in [1.165, 1.54) is 23.2 Å². The Morgan fingerprint density at radius 3 is 2.81 bits per heavy atom. The van der Waals surface area contributed by atoms with Crippen LogP contribution < -0.4 is 5.32 Å². The summed E-state index contributed by atoms with van der Waals surface area (Å²) in [5.74, 6) is 1.14. The third-order valence-corrected chi connectivity index (χ3v) is 5.66. The molecule has 1 aromatic carbocycles. The highest BCUT2D eigenvalue weighted by atomic mass is 32.1. The van der Waals surface area contributed by atoms with Crippen molar-refractivity contribution in [3.05, 3.63) is 53.1 Å². The molecule has 6 nitrogen and oxygen atoms in total. The van der Waals surface area contributed by atoms with Crippen molar-refractivity contribution in [3.8, 4) is 10.6 Å². The van der Waals surface area contributed by atoms with Crippen LogP contribution in [0.15, 0.2) is 36.0 Å². The van der Waals surface area contributed by atoms with Gasteiger partial charge in [0.2, 0.25) is 0 Å². The molecule has 1 aliphatic rings. The maximum Gasteiger partial charge on any atom is 0.271 e. The highest BCUT2D eigenvalue weighted by Gasteiger charge is 2.32. The molecule has 1 amide bonds. The van der Waals surface area contributed by atoms with Gasteiger partial charge < -0.3 is 5.32 Å². The van der Waals surface area contributed by atoms with Crippen LogP contribution in [0.25, 0.3) is 10.6 Å². The lowest BCUT2D eigenvalue weighted by Gasteiger charge is -2.10. The Balaban J connectivity index is 1.49. The smallest absolute Gasteiger partial charge is 0.271 e. The van der Waals surface area contributed by atoms with Crippen molar-refractivity contribution < 1.29 is 4.79 Å². The molecule has 134 valence electrons. The Labute approximate surface area is 156 Å². The molecule has 0 bridgehead atoms. The highest BCUT2D eigenvalue weighted by Crippen LogP contribution is 2.32. The molecule has 3 aromatic rings. The molecule has 7 heteroatoms. The maximum absolute atomic E-state index is 12.6. The van der Waals surface area contributed by atoms with Crippen molar-refractivity contribution >= 4 is 17.2 Å². The fraction of sp³-hybridized carbons (Fsp3) is 0.368. The topological polar surface area (TPSA) is 72.7 Å². The number of rotatable bonds is 4. The van der Waals surface area contributed by atoms with Gasteiger partial charge in [-0.2, -0.15) is 5.10 Å². The number of hydrogen-bond donors (Lipinski definition) is 1. The summed E-state index contributed by atoms with van der Waals surface area (Å²) >= 11 is 1.49. The summed E-state index contributed by atoms with van der Waals surface area (Å²) in [5, 5.41) is 9.92. The number of thiazole rings is 1. The molecule has 0 saturated heterocycles.